The molecule has 0 spiro atoms. The second-order valence-corrected chi connectivity index (χ2v) is 4.66. The first kappa shape index (κ1) is 13.9. The molecule has 0 aromatic rings. The summed E-state index contributed by atoms with van der Waals surface area (Å²) in [4.78, 5) is 11.0. The SMILES string of the molecule is CC1OC(=O)NC/C1=C/C=C1/OCC(CN)OC1C. The predicted octanol–water partition coefficient (Wildman–Crippen LogP) is 0.688. The zero-order valence-corrected chi connectivity index (χ0v) is 11.2. The van der Waals surface area contributed by atoms with E-state index in [0.717, 1.165) is 11.3 Å². The maximum atomic E-state index is 11.0. The number of carbonyl (C=O) groups excluding carboxylic acids is 1. The molecule has 3 unspecified atom stereocenters. The van der Waals surface area contributed by atoms with E-state index in [4.69, 9.17) is 19.9 Å². The van der Waals surface area contributed by atoms with Gasteiger partial charge in [0, 0.05) is 13.1 Å². The van der Waals surface area contributed by atoms with Crippen molar-refractivity contribution in [3.05, 3.63) is 23.5 Å². The van der Waals surface area contributed by atoms with Crippen molar-refractivity contribution in [1.29, 1.82) is 0 Å². The number of alkyl carbamates (subject to hydrolysis) is 1. The summed E-state index contributed by atoms with van der Waals surface area (Å²) in [5.41, 5.74) is 6.53. The minimum atomic E-state index is -0.381. The zero-order chi connectivity index (χ0) is 13.8. The molecule has 6 nitrogen and oxygen atoms in total. The summed E-state index contributed by atoms with van der Waals surface area (Å²) >= 11 is 0. The molecule has 0 aromatic carbocycles. The molecule has 6 heteroatoms. The number of amides is 1. The lowest BCUT2D eigenvalue weighted by molar-refractivity contribution is -0.0865. The molecular formula is C13H20N2O4. The number of carbonyl (C=O) groups is 1. The monoisotopic (exact) mass is 268 g/mol. The lowest BCUT2D eigenvalue weighted by atomic mass is 10.1. The highest BCUT2D eigenvalue weighted by Crippen LogP contribution is 2.19. The van der Waals surface area contributed by atoms with E-state index >= 15 is 0 Å². The van der Waals surface area contributed by atoms with Gasteiger partial charge >= 0.3 is 6.09 Å². The van der Waals surface area contributed by atoms with Crippen molar-refractivity contribution in [1.82, 2.24) is 5.32 Å². The largest absolute Gasteiger partial charge is 0.492 e. The van der Waals surface area contributed by atoms with Gasteiger partial charge in [-0.25, -0.2) is 4.79 Å². The predicted molar refractivity (Wildman–Crippen MR) is 69.5 cm³/mol. The van der Waals surface area contributed by atoms with Crippen LogP contribution in [0.4, 0.5) is 4.79 Å². The molecule has 1 amide bonds. The Labute approximate surface area is 112 Å². The molecule has 2 aliphatic rings. The number of rotatable bonds is 2. The normalized spacial score (nSPS) is 35.7. The van der Waals surface area contributed by atoms with Gasteiger partial charge in [-0.1, -0.05) is 6.08 Å². The van der Waals surface area contributed by atoms with Crippen LogP contribution in [0.3, 0.4) is 0 Å². The van der Waals surface area contributed by atoms with E-state index in [1.807, 2.05) is 26.0 Å². The fourth-order valence-corrected chi connectivity index (χ4v) is 1.99. The Morgan fingerprint density at radius 2 is 2.16 bits per heavy atom. The Morgan fingerprint density at radius 3 is 2.79 bits per heavy atom. The van der Waals surface area contributed by atoms with Gasteiger partial charge in [-0.15, -0.1) is 0 Å². The Bertz CT molecular complexity index is 405. The fourth-order valence-electron chi connectivity index (χ4n) is 1.99. The second-order valence-electron chi connectivity index (χ2n) is 4.66. The number of hydrogen-bond donors (Lipinski definition) is 2. The molecule has 2 fully saturated rings. The van der Waals surface area contributed by atoms with Crippen molar-refractivity contribution in [3.63, 3.8) is 0 Å². The van der Waals surface area contributed by atoms with E-state index in [-0.39, 0.29) is 24.4 Å². The minimum Gasteiger partial charge on any atom is -0.492 e. The third-order valence-corrected chi connectivity index (χ3v) is 3.20. The van der Waals surface area contributed by atoms with Gasteiger partial charge in [0.2, 0.25) is 0 Å². The topological polar surface area (TPSA) is 82.8 Å². The number of nitrogens with two attached hydrogens (primary N) is 1. The molecule has 2 rings (SSSR count). The lowest BCUT2D eigenvalue weighted by Crippen LogP contribution is -2.39. The average Bonchev–Trinajstić information content (AvgIpc) is 2.39. The molecule has 2 heterocycles. The number of ether oxygens (including phenoxy) is 3. The first-order chi connectivity index (χ1) is 9.10. The highest BCUT2D eigenvalue weighted by Gasteiger charge is 2.24. The molecule has 2 aliphatic heterocycles. The molecule has 0 bridgehead atoms. The van der Waals surface area contributed by atoms with Crippen molar-refractivity contribution < 1.29 is 19.0 Å². The van der Waals surface area contributed by atoms with Gasteiger partial charge in [0.15, 0.2) is 0 Å². The van der Waals surface area contributed by atoms with Gasteiger partial charge in [0.1, 0.15) is 30.7 Å². The maximum absolute atomic E-state index is 11.0. The molecule has 19 heavy (non-hydrogen) atoms. The Hall–Kier alpha value is -1.53. The highest BCUT2D eigenvalue weighted by molar-refractivity contribution is 5.69. The highest BCUT2D eigenvalue weighted by atomic mass is 16.6. The average molecular weight is 268 g/mol. The molecule has 0 aliphatic carbocycles. The van der Waals surface area contributed by atoms with Crippen molar-refractivity contribution >= 4 is 6.09 Å². The molecule has 0 aromatic heterocycles. The lowest BCUT2D eigenvalue weighted by Gasteiger charge is -2.30. The van der Waals surface area contributed by atoms with Crippen LogP contribution in [0.25, 0.3) is 0 Å². The smallest absolute Gasteiger partial charge is 0.407 e. The Morgan fingerprint density at radius 1 is 1.37 bits per heavy atom. The van der Waals surface area contributed by atoms with E-state index in [0.29, 0.717) is 19.7 Å². The summed E-state index contributed by atoms with van der Waals surface area (Å²) in [5, 5.41) is 2.63. The number of allylic oxidation sites excluding steroid dienone is 2. The molecule has 106 valence electrons. The zero-order valence-electron chi connectivity index (χ0n) is 11.2. The van der Waals surface area contributed by atoms with Gasteiger partial charge in [0.05, 0.1) is 0 Å². The Balaban J connectivity index is 2.00. The van der Waals surface area contributed by atoms with Gasteiger partial charge in [-0.2, -0.15) is 0 Å². The standard InChI is InChI=1S/C13H20N2O4/c1-8-10(6-15-13(16)19-8)3-4-12-9(2)18-11(5-14)7-17-12/h3-4,8-9,11H,5-7,14H2,1-2H3,(H,15,16)/b10-3-,12-4+. The van der Waals surface area contributed by atoms with Gasteiger partial charge < -0.3 is 25.3 Å². The summed E-state index contributed by atoms with van der Waals surface area (Å²) < 4.78 is 16.4. The van der Waals surface area contributed by atoms with E-state index in [1.165, 1.54) is 0 Å². The summed E-state index contributed by atoms with van der Waals surface area (Å²) in [6, 6.07) is 0. The summed E-state index contributed by atoms with van der Waals surface area (Å²) in [6.45, 7) is 5.18. The summed E-state index contributed by atoms with van der Waals surface area (Å²) in [6.07, 6.45) is 3.01. The summed E-state index contributed by atoms with van der Waals surface area (Å²) in [5.74, 6) is 0.765. The van der Waals surface area contributed by atoms with Crippen molar-refractivity contribution in [2.45, 2.75) is 32.2 Å². The molecule has 3 N–H and O–H groups in total. The van der Waals surface area contributed by atoms with E-state index < -0.39 is 0 Å². The molecule has 2 saturated heterocycles. The van der Waals surface area contributed by atoms with Crippen LogP contribution in [-0.4, -0.2) is 44.1 Å². The van der Waals surface area contributed by atoms with Gasteiger partial charge in [-0.3, -0.25) is 0 Å². The maximum Gasteiger partial charge on any atom is 0.407 e. The van der Waals surface area contributed by atoms with Gasteiger partial charge in [0.25, 0.3) is 0 Å². The van der Waals surface area contributed by atoms with Crippen molar-refractivity contribution in [3.8, 4) is 0 Å². The van der Waals surface area contributed by atoms with Crippen LogP contribution >= 0.6 is 0 Å². The first-order valence-corrected chi connectivity index (χ1v) is 6.43. The molecular weight excluding hydrogens is 248 g/mol. The quantitative estimate of drug-likeness (QED) is 0.770. The van der Waals surface area contributed by atoms with Crippen LogP contribution in [0.5, 0.6) is 0 Å². The van der Waals surface area contributed by atoms with Crippen LogP contribution in [-0.2, 0) is 14.2 Å². The van der Waals surface area contributed by atoms with E-state index in [9.17, 15) is 4.79 Å². The van der Waals surface area contributed by atoms with E-state index in [2.05, 4.69) is 5.32 Å². The van der Waals surface area contributed by atoms with Gasteiger partial charge in [-0.05, 0) is 25.5 Å². The van der Waals surface area contributed by atoms with Crippen LogP contribution in [0, 0.1) is 0 Å². The fraction of sp³-hybridized carbons (Fsp3) is 0.615. The Kier molecular flexibility index (Phi) is 4.44. The van der Waals surface area contributed by atoms with Crippen molar-refractivity contribution in [2.75, 3.05) is 19.7 Å². The second kappa shape index (κ2) is 6.08. The van der Waals surface area contributed by atoms with Crippen LogP contribution in [0.1, 0.15) is 13.8 Å². The molecule has 0 saturated carbocycles. The van der Waals surface area contributed by atoms with Crippen LogP contribution < -0.4 is 11.1 Å². The minimum absolute atomic E-state index is 0.0453. The molecule has 3 atom stereocenters. The van der Waals surface area contributed by atoms with Crippen LogP contribution in [0.15, 0.2) is 23.5 Å². The van der Waals surface area contributed by atoms with Crippen molar-refractivity contribution in [2.24, 2.45) is 5.73 Å². The first-order valence-electron chi connectivity index (χ1n) is 6.43. The number of hydrogen-bond acceptors (Lipinski definition) is 5. The number of nitrogens with one attached hydrogen (secondary N) is 1. The number of cyclic esters (lactones) is 1. The third kappa shape index (κ3) is 3.48. The summed E-state index contributed by atoms with van der Waals surface area (Å²) in [7, 11) is 0. The van der Waals surface area contributed by atoms with Crippen LogP contribution in [0.2, 0.25) is 0 Å². The third-order valence-electron chi connectivity index (χ3n) is 3.20. The van der Waals surface area contributed by atoms with E-state index in [1.54, 1.807) is 0 Å². The molecule has 0 radical (unpaired) electrons.